The first-order valence-electron chi connectivity index (χ1n) is 8.22. The van der Waals surface area contributed by atoms with Crippen molar-refractivity contribution in [2.75, 3.05) is 13.1 Å². The van der Waals surface area contributed by atoms with E-state index in [0.717, 1.165) is 28.4 Å². The first kappa shape index (κ1) is 16.0. The summed E-state index contributed by atoms with van der Waals surface area (Å²) in [6, 6.07) is 3.57. The summed E-state index contributed by atoms with van der Waals surface area (Å²) in [5, 5.41) is 9.13. The van der Waals surface area contributed by atoms with Gasteiger partial charge in [-0.2, -0.15) is 0 Å². The fourth-order valence-electron chi connectivity index (χ4n) is 3.10. The van der Waals surface area contributed by atoms with Crippen LogP contribution in [0.4, 0.5) is 0 Å². The van der Waals surface area contributed by atoms with Gasteiger partial charge in [-0.05, 0) is 38.8 Å². The molecule has 0 atom stereocenters. The highest BCUT2D eigenvalue weighted by molar-refractivity contribution is 7.13. The molecule has 0 aromatic carbocycles. The molecule has 4 heterocycles. The number of carbonyl (C=O) groups is 1. The van der Waals surface area contributed by atoms with Gasteiger partial charge in [0.15, 0.2) is 5.76 Å². The summed E-state index contributed by atoms with van der Waals surface area (Å²) in [6.07, 6.45) is 3.19. The standard InChI is InChI=1S/C17H18N4O3S/c1-10-14(25-11(2)18-10)17(22)21-7-5-12(6-8-21)15-19-20-16(24-15)13-4-3-9-23-13/h3-4,9,12H,5-8H2,1-2H3. The van der Waals surface area contributed by atoms with E-state index < -0.39 is 0 Å². The Morgan fingerprint density at radius 3 is 2.72 bits per heavy atom. The van der Waals surface area contributed by atoms with Crippen molar-refractivity contribution in [2.24, 2.45) is 0 Å². The Kier molecular flexibility index (Phi) is 4.12. The second-order valence-electron chi connectivity index (χ2n) is 6.14. The zero-order chi connectivity index (χ0) is 17.4. The zero-order valence-corrected chi connectivity index (χ0v) is 14.9. The molecule has 0 spiro atoms. The molecule has 1 aliphatic rings. The molecule has 130 valence electrons. The molecular weight excluding hydrogens is 340 g/mol. The molecule has 1 saturated heterocycles. The van der Waals surface area contributed by atoms with E-state index in [0.29, 0.717) is 30.6 Å². The molecule has 8 heteroatoms. The van der Waals surface area contributed by atoms with E-state index in [1.54, 1.807) is 18.4 Å². The Labute approximate surface area is 148 Å². The minimum atomic E-state index is 0.0725. The largest absolute Gasteiger partial charge is 0.459 e. The highest BCUT2D eigenvalue weighted by atomic mass is 32.1. The quantitative estimate of drug-likeness (QED) is 0.713. The topological polar surface area (TPSA) is 85.3 Å². The van der Waals surface area contributed by atoms with Gasteiger partial charge in [0.2, 0.25) is 5.89 Å². The predicted molar refractivity (Wildman–Crippen MR) is 91.5 cm³/mol. The van der Waals surface area contributed by atoms with Crippen LogP contribution in [0.5, 0.6) is 0 Å². The molecule has 7 nitrogen and oxygen atoms in total. The van der Waals surface area contributed by atoms with Gasteiger partial charge in [-0.25, -0.2) is 4.98 Å². The highest BCUT2D eigenvalue weighted by Crippen LogP contribution is 2.30. The number of aryl methyl sites for hydroxylation is 2. The van der Waals surface area contributed by atoms with Crippen LogP contribution < -0.4 is 0 Å². The number of hydrogen-bond donors (Lipinski definition) is 0. The Balaban J connectivity index is 1.41. The van der Waals surface area contributed by atoms with Crippen LogP contribution in [0.3, 0.4) is 0 Å². The normalized spacial score (nSPS) is 15.7. The molecule has 1 aliphatic heterocycles. The van der Waals surface area contributed by atoms with Crippen LogP contribution in [0.2, 0.25) is 0 Å². The average molecular weight is 358 g/mol. The van der Waals surface area contributed by atoms with Gasteiger partial charge in [0.25, 0.3) is 11.8 Å². The third-order valence-corrected chi connectivity index (χ3v) is 5.46. The van der Waals surface area contributed by atoms with Crippen molar-refractivity contribution in [1.29, 1.82) is 0 Å². The number of aromatic nitrogens is 3. The number of hydrogen-bond acceptors (Lipinski definition) is 7. The van der Waals surface area contributed by atoms with E-state index in [9.17, 15) is 4.79 Å². The first-order valence-corrected chi connectivity index (χ1v) is 9.04. The first-order chi connectivity index (χ1) is 12.1. The third-order valence-electron chi connectivity index (χ3n) is 4.40. The van der Waals surface area contributed by atoms with Crippen LogP contribution in [0.1, 0.15) is 45.0 Å². The fraction of sp³-hybridized carbons (Fsp3) is 0.412. The molecule has 0 N–H and O–H groups in total. The van der Waals surface area contributed by atoms with E-state index in [-0.39, 0.29) is 11.8 Å². The fourth-order valence-corrected chi connectivity index (χ4v) is 3.99. The zero-order valence-electron chi connectivity index (χ0n) is 14.1. The van der Waals surface area contributed by atoms with E-state index in [4.69, 9.17) is 8.83 Å². The maximum Gasteiger partial charge on any atom is 0.283 e. The van der Waals surface area contributed by atoms with Gasteiger partial charge in [0.05, 0.1) is 17.0 Å². The molecule has 1 amide bonds. The summed E-state index contributed by atoms with van der Waals surface area (Å²) >= 11 is 1.46. The summed E-state index contributed by atoms with van der Waals surface area (Å²) in [7, 11) is 0. The molecule has 0 radical (unpaired) electrons. The molecule has 0 aliphatic carbocycles. The van der Waals surface area contributed by atoms with Crippen molar-refractivity contribution in [1.82, 2.24) is 20.1 Å². The third kappa shape index (κ3) is 3.09. The number of nitrogens with zero attached hydrogens (tertiary/aromatic N) is 4. The number of piperidine rings is 1. The Morgan fingerprint density at radius 2 is 2.08 bits per heavy atom. The van der Waals surface area contributed by atoms with E-state index in [1.165, 1.54) is 11.3 Å². The minimum absolute atomic E-state index is 0.0725. The second-order valence-corrected chi connectivity index (χ2v) is 7.34. The second kappa shape index (κ2) is 6.44. The number of furan rings is 1. The average Bonchev–Trinajstić information content (AvgIpc) is 3.34. The van der Waals surface area contributed by atoms with Crippen LogP contribution in [0, 0.1) is 13.8 Å². The summed E-state index contributed by atoms with van der Waals surface area (Å²) in [4.78, 5) is 19.6. The lowest BCUT2D eigenvalue weighted by molar-refractivity contribution is 0.0710. The minimum Gasteiger partial charge on any atom is -0.459 e. The van der Waals surface area contributed by atoms with Gasteiger partial charge in [0.1, 0.15) is 4.88 Å². The van der Waals surface area contributed by atoms with Crippen molar-refractivity contribution in [3.05, 3.63) is 39.9 Å². The summed E-state index contributed by atoms with van der Waals surface area (Å²) in [5.41, 5.74) is 0.814. The lowest BCUT2D eigenvalue weighted by atomic mass is 9.96. The van der Waals surface area contributed by atoms with Gasteiger partial charge < -0.3 is 13.7 Å². The van der Waals surface area contributed by atoms with Crippen LogP contribution in [0.25, 0.3) is 11.7 Å². The van der Waals surface area contributed by atoms with Crippen LogP contribution >= 0.6 is 11.3 Å². The SMILES string of the molecule is Cc1nc(C)c(C(=O)N2CCC(c3nnc(-c4ccco4)o3)CC2)s1. The van der Waals surface area contributed by atoms with Crippen LogP contribution in [-0.2, 0) is 0 Å². The highest BCUT2D eigenvalue weighted by Gasteiger charge is 2.29. The number of amides is 1. The number of thiazole rings is 1. The molecule has 1 fully saturated rings. The van der Waals surface area contributed by atoms with Crippen molar-refractivity contribution in [3.8, 4) is 11.7 Å². The predicted octanol–water partition coefficient (Wildman–Crippen LogP) is 3.42. The smallest absolute Gasteiger partial charge is 0.283 e. The maximum atomic E-state index is 12.7. The maximum absolute atomic E-state index is 12.7. The van der Waals surface area contributed by atoms with Crippen molar-refractivity contribution in [2.45, 2.75) is 32.6 Å². The van der Waals surface area contributed by atoms with Gasteiger partial charge in [-0.15, -0.1) is 21.5 Å². The molecular formula is C17H18N4O3S. The molecule has 25 heavy (non-hydrogen) atoms. The lowest BCUT2D eigenvalue weighted by Gasteiger charge is -2.30. The molecule has 3 aromatic heterocycles. The van der Waals surface area contributed by atoms with Crippen LogP contribution in [-0.4, -0.2) is 39.1 Å². The van der Waals surface area contributed by atoms with Gasteiger partial charge >= 0.3 is 0 Å². The Morgan fingerprint density at radius 1 is 1.28 bits per heavy atom. The molecule has 0 bridgehead atoms. The summed E-state index contributed by atoms with van der Waals surface area (Å²) in [6.45, 7) is 5.17. The number of carbonyl (C=O) groups excluding carboxylic acids is 1. The van der Waals surface area contributed by atoms with Crippen molar-refractivity contribution >= 4 is 17.2 Å². The van der Waals surface area contributed by atoms with E-state index in [2.05, 4.69) is 15.2 Å². The molecule has 0 unspecified atom stereocenters. The molecule has 3 aromatic rings. The number of rotatable bonds is 3. The molecule has 0 saturated carbocycles. The summed E-state index contributed by atoms with van der Waals surface area (Å²) in [5.74, 6) is 1.83. The van der Waals surface area contributed by atoms with Gasteiger partial charge in [0, 0.05) is 19.0 Å². The lowest BCUT2D eigenvalue weighted by Crippen LogP contribution is -2.37. The van der Waals surface area contributed by atoms with Crippen LogP contribution in [0.15, 0.2) is 27.2 Å². The number of likely N-dealkylation sites (tertiary alicyclic amines) is 1. The Hall–Kier alpha value is -2.48. The summed E-state index contributed by atoms with van der Waals surface area (Å²) < 4.78 is 11.0. The van der Waals surface area contributed by atoms with E-state index >= 15 is 0 Å². The molecule has 4 rings (SSSR count). The van der Waals surface area contributed by atoms with Crippen molar-refractivity contribution in [3.63, 3.8) is 0 Å². The van der Waals surface area contributed by atoms with Gasteiger partial charge in [-0.1, -0.05) is 0 Å². The monoisotopic (exact) mass is 358 g/mol. The van der Waals surface area contributed by atoms with E-state index in [1.807, 2.05) is 18.7 Å². The van der Waals surface area contributed by atoms with Gasteiger partial charge in [-0.3, -0.25) is 4.79 Å². The Bertz CT molecular complexity index is 876. The van der Waals surface area contributed by atoms with Crippen molar-refractivity contribution < 1.29 is 13.6 Å².